The smallest absolute Gasteiger partial charge is 0.213 e. The molecule has 0 radical (unpaired) electrons. The molecule has 0 bridgehead atoms. The number of thiophene rings is 1. The van der Waals surface area contributed by atoms with Crippen molar-refractivity contribution in [2.24, 2.45) is 0 Å². The minimum Gasteiger partial charge on any atom is -0.343 e. The van der Waals surface area contributed by atoms with Gasteiger partial charge < -0.3 is 9.84 Å². The van der Waals surface area contributed by atoms with Crippen LogP contribution in [0.4, 0.5) is 0 Å². The molecular formula is C9H11N3OS. The van der Waals surface area contributed by atoms with Crippen LogP contribution < -0.4 is 5.32 Å². The molecule has 74 valence electrons. The Bertz CT molecular complexity index is 308. The van der Waals surface area contributed by atoms with Gasteiger partial charge in [-0.1, -0.05) is 5.16 Å². The number of nitrogens with one attached hydrogen (secondary N) is 1. The molecule has 2 heterocycles. The second-order valence-electron chi connectivity index (χ2n) is 2.91. The van der Waals surface area contributed by atoms with Gasteiger partial charge in [-0.05, 0) is 35.4 Å². The van der Waals surface area contributed by atoms with E-state index in [1.807, 2.05) is 0 Å². The van der Waals surface area contributed by atoms with E-state index in [4.69, 9.17) is 0 Å². The largest absolute Gasteiger partial charge is 0.343 e. The molecule has 0 aliphatic carbocycles. The summed E-state index contributed by atoms with van der Waals surface area (Å²) in [6, 6.07) is 2.14. The number of hydrogen-bond donors (Lipinski definition) is 1. The fraction of sp³-hybridized carbons (Fsp3) is 0.333. The fourth-order valence-corrected chi connectivity index (χ4v) is 1.84. The van der Waals surface area contributed by atoms with Crippen molar-refractivity contribution in [2.45, 2.75) is 13.0 Å². The third-order valence-electron chi connectivity index (χ3n) is 1.86. The van der Waals surface area contributed by atoms with Crippen LogP contribution in [0.15, 0.2) is 27.7 Å². The van der Waals surface area contributed by atoms with Crippen LogP contribution in [-0.2, 0) is 13.0 Å². The second-order valence-corrected chi connectivity index (χ2v) is 3.69. The highest BCUT2D eigenvalue weighted by Gasteiger charge is 1.97. The van der Waals surface area contributed by atoms with Crippen molar-refractivity contribution in [3.05, 3.63) is 34.6 Å². The molecule has 0 aromatic carbocycles. The van der Waals surface area contributed by atoms with Crippen LogP contribution in [0.25, 0.3) is 0 Å². The van der Waals surface area contributed by atoms with Crippen molar-refractivity contribution in [1.82, 2.24) is 15.5 Å². The third-order valence-corrected chi connectivity index (χ3v) is 2.59. The molecule has 0 aliphatic rings. The quantitative estimate of drug-likeness (QED) is 0.757. The zero-order valence-electron chi connectivity index (χ0n) is 7.64. The maximum atomic E-state index is 4.62. The van der Waals surface area contributed by atoms with E-state index in [0.29, 0.717) is 12.4 Å². The van der Waals surface area contributed by atoms with Gasteiger partial charge in [0, 0.05) is 0 Å². The number of hydrogen-bond acceptors (Lipinski definition) is 5. The van der Waals surface area contributed by atoms with Crippen molar-refractivity contribution in [1.29, 1.82) is 0 Å². The molecule has 0 atom stereocenters. The monoisotopic (exact) mass is 209 g/mol. The highest BCUT2D eigenvalue weighted by molar-refractivity contribution is 7.07. The van der Waals surface area contributed by atoms with Crippen molar-refractivity contribution < 1.29 is 4.52 Å². The number of nitrogens with zero attached hydrogens (tertiary/aromatic N) is 2. The van der Waals surface area contributed by atoms with Gasteiger partial charge >= 0.3 is 0 Å². The van der Waals surface area contributed by atoms with Gasteiger partial charge in [0.1, 0.15) is 0 Å². The molecule has 1 N–H and O–H groups in total. The summed E-state index contributed by atoms with van der Waals surface area (Å²) in [4.78, 5) is 3.91. The van der Waals surface area contributed by atoms with Gasteiger partial charge in [-0.25, -0.2) is 0 Å². The van der Waals surface area contributed by atoms with Gasteiger partial charge in [0.05, 0.1) is 6.54 Å². The average molecular weight is 209 g/mol. The Kier molecular flexibility index (Phi) is 3.26. The molecule has 0 saturated heterocycles. The predicted molar refractivity (Wildman–Crippen MR) is 54.0 cm³/mol. The lowest BCUT2D eigenvalue weighted by atomic mass is 10.2. The van der Waals surface area contributed by atoms with E-state index < -0.39 is 0 Å². The minimum atomic E-state index is 0.667. The zero-order chi connectivity index (χ0) is 9.64. The van der Waals surface area contributed by atoms with Crippen LogP contribution in [0.1, 0.15) is 11.4 Å². The van der Waals surface area contributed by atoms with Crippen LogP contribution in [0.5, 0.6) is 0 Å². The van der Waals surface area contributed by atoms with E-state index in [-0.39, 0.29) is 0 Å². The lowest BCUT2D eigenvalue weighted by Gasteiger charge is -1.99. The Morgan fingerprint density at radius 2 is 2.50 bits per heavy atom. The van der Waals surface area contributed by atoms with Gasteiger partial charge in [-0.15, -0.1) is 0 Å². The lowest BCUT2D eigenvalue weighted by Crippen LogP contribution is -2.17. The summed E-state index contributed by atoms with van der Waals surface area (Å²) in [6.07, 6.45) is 2.39. The molecule has 0 saturated carbocycles. The van der Waals surface area contributed by atoms with Crippen LogP contribution in [0.3, 0.4) is 0 Å². The minimum absolute atomic E-state index is 0.667. The first-order valence-corrected chi connectivity index (χ1v) is 5.36. The predicted octanol–water partition coefficient (Wildman–Crippen LogP) is 1.46. The van der Waals surface area contributed by atoms with Gasteiger partial charge in [-0.3, -0.25) is 0 Å². The van der Waals surface area contributed by atoms with E-state index in [2.05, 4.69) is 36.8 Å². The van der Waals surface area contributed by atoms with Crippen LogP contribution in [-0.4, -0.2) is 16.7 Å². The standard InChI is InChI=1S/C9H11N3OS/c1(8-2-4-14-6-8)3-10-5-9-11-7-13-12-9/h2,4,6-7,10H,1,3,5H2. The summed E-state index contributed by atoms with van der Waals surface area (Å²) in [5, 5.41) is 11.2. The summed E-state index contributed by atoms with van der Waals surface area (Å²) in [5.74, 6) is 0.704. The van der Waals surface area contributed by atoms with E-state index in [0.717, 1.165) is 13.0 Å². The highest BCUT2D eigenvalue weighted by Crippen LogP contribution is 2.05. The summed E-state index contributed by atoms with van der Waals surface area (Å²) >= 11 is 1.73. The number of aromatic nitrogens is 2. The molecule has 0 amide bonds. The first-order chi connectivity index (χ1) is 6.95. The Labute approximate surface area is 86.0 Å². The van der Waals surface area contributed by atoms with Gasteiger partial charge in [0.2, 0.25) is 6.39 Å². The maximum Gasteiger partial charge on any atom is 0.213 e. The van der Waals surface area contributed by atoms with Crippen LogP contribution in [0.2, 0.25) is 0 Å². The van der Waals surface area contributed by atoms with E-state index in [1.54, 1.807) is 11.3 Å². The van der Waals surface area contributed by atoms with Crippen LogP contribution in [0, 0.1) is 0 Å². The zero-order valence-corrected chi connectivity index (χ0v) is 8.46. The molecule has 0 fully saturated rings. The average Bonchev–Trinajstić information content (AvgIpc) is 2.86. The van der Waals surface area contributed by atoms with E-state index >= 15 is 0 Å². The molecule has 2 aromatic heterocycles. The van der Waals surface area contributed by atoms with Gasteiger partial charge in [-0.2, -0.15) is 16.3 Å². The molecular weight excluding hydrogens is 198 g/mol. The van der Waals surface area contributed by atoms with E-state index in [9.17, 15) is 0 Å². The molecule has 0 unspecified atom stereocenters. The second kappa shape index (κ2) is 4.88. The molecule has 14 heavy (non-hydrogen) atoms. The van der Waals surface area contributed by atoms with E-state index in [1.165, 1.54) is 12.0 Å². The molecule has 2 aromatic rings. The Morgan fingerprint density at radius 3 is 3.21 bits per heavy atom. The Morgan fingerprint density at radius 1 is 1.50 bits per heavy atom. The topological polar surface area (TPSA) is 51.0 Å². The van der Waals surface area contributed by atoms with Gasteiger partial charge in [0.25, 0.3) is 0 Å². The SMILES string of the molecule is c1nc(CNCCc2ccsc2)no1. The van der Waals surface area contributed by atoms with Crippen LogP contribution >= 0.6 is 11.3 Å². The maximum absolute atomic E-state index is 4.62. The number of rotatable bonds is 5. The first-order valence-electron chi connectivity index (χ1n) is 4.42. The molecule has 0 spiro atoms. The summed E-state index contributed by atoms with van der Waals surface area (Å²) in [7, 11) is 0. The normalized spacial score (nSPS) is 10.6. The summed E-state index contributed by atoms with van der Waals surface area (Å²) in [6.45, 7) is 1.60. The molecule has 0 aliphatic heterocycles. The molecule has 2 rings (SSSR count). The first kappa shape index (κ1) is 9.36. The Hall–Kier alpha value is -1.20. The van der Waals surface area contributed by atoms with Crippen molar-refractivity contribution in [2.75, 3.05) is 6.54 Å². The summed E-state index contributed by atoms with van der Waals surface area (Å²) in [5.41, 5.74) is 1.37. The third kappa shape index (κ3) is 2.65. The summed E-state index contributed by atoms with van der Waals surface area (Å²) < 4.78 is 4.62. The Balaban J connectivity index is 1.65. The fourth-order valence-electron chi connectivity index (χ4n) is 1.14. The molecule has 4 nitrogen and oxygen atoms in total. The van der Waals surface area contributed by atoms with Crippen molar-refractivity contribution in [3.8, 4) is 0 Å². The lowest BCUT2D eigenvalue weighted by molar-refractivity contribution is 0.407. The van der Waals surface area contributed by atoms with Crippen molar-refractivity contribution in [3.63, 3.8) is 0 Å². The highest BCUT2D eigenvalue weighted by atomic mass is 32.1. The van der Waals surface area contributed by atoms with Gasteiger partial charge in [0.15, 0.2) is 5.82 Å². The molecule has 5 heteroatoms. The van der Waals surface area contributed by atoms with Crippen molar-refractivity contribution >= 4 is 11.3 Å².